The van der Waals surface area contributed by atoms with Gasteiger partial charge in [-0.1, -0.05) is 39.7 Å². The summed E-state index contributed by atoms with van der Waals surface area (Å²) in [5, 5.41) is 3.61. The van der Waals surface area contributed by atoms with Crippen LogP contribution < -0.4 is 11.4 Å². The van der Waals surface area contributed by atoms with Gasteiger partial charge < -0.3 is 24.7 Å². The number of nitrogen functional groups attached to an aromatic ring is 1. The van der Waals surface area contributed by atoms with E-state index in [1.165, 1.54) is 40.7 Å². The summed E-state index contributed by atoms with van der Waals surface area (Å²) in [5.74, 6) is -5.99. The molecule has 2 rings (SSSR count). The lowest BCUT2D eigenvalue weighted by Crippen LogP contribution is -2.50. The van der Waals surface area contributed by atoms with Crippen LogP contribution in [0.4, 0.5) is 5.82 Å². The molecule has 17 nitrogen and oxygen atoms in total. The predicted molar refractivity (Wildman–Crippen MR) is 136 cm³/mol. The molecule has 222 valence electrons. The highest BCUT2D eigenvalue weighted by Crippen LogP contribution is 2.43. The van der Waals surface area contributed by atoms with E-state index in [2.05, 4.69) is 15.0 Å². The second-order valence-corrected chi connectivity index (χ2v) is 11.3. The van der Waals surface area contributed by atoms with E-state index < -0.39 is 88.0 Å². The maximum Gasteiger partial charge on any atom is 0.351 e. The summed E-state index contributed by atoms with van der Waals surface area (Å²) in [6.45, 7) is 6.55. The number of rotatable bonds is 12. The molecule has 5 atom stereocenters. The molecule has 18 heteroatoms. The van der Waals surface area contributed by atoms with Gasteiger partial charge >= 0.3 is 23.6 Å². The van der Waals surface area contributed by atoms with Crippen LogP contribution in [0.2, 0.25) is 0 Å². The molecule has 1 aromatic heterocycles. The number of ether oxygens (including phenoxy) is 4. The number of nitrogens with zero attached hydrogens (tertiary/aromatic N) is 5. The van der Waals surface area contributed by atoms with Gasteiger partial charge in [-0.2, -0.15) is 13.4 Å². The van der Waals surface area contributed by atoms with Crippen molar-refractivity contribution in [1.29, 1.82) is 0 Å². The molecule has 0 bridgehead atoms. The SMILES string of the molecule is CC(C)C(=O)OC[C@@]1(N=[N+]=[N-])O[C@@H](n2ccc(N)nc2=O)[C@@H](OC(=O)C(C)C)[C@@H]1OC(=O)C(C)CCS(=O)(=O)O. The molecule has 1 aromatic rings. The molecular weight excluding hydrogens is 556 g/mol. The van der Waals surface area contributed by atoms with Gasteiger partial charge in [-0.15, -0.1) is 0 Å². The van der Waals surface area contributed by atoms with Gasteiger partial charge in [0, 0.05) is 11.1 Å². The van der Waals surface area contributed by atoms with Crippen LogP contribution in [0.1, 0.15) is 47.3 Å². The second-order valence-electron chi connectivity index (χ2n) is 9.74. The van der Waals surface area contributed by atoms with E-state index in [9.17, 15) is 33.1 Å². The summed E-state index contributed by atoms with van der Waals surface area (Å²) >= 11 is 0. The number of carbonyl (C=O) groups excluding carboxylic acids is 3. The Bertz CT molecular complexity index is 1320. The van der Waals surface area contributed by atoms with Crippen molar-refractivity contribution in [2.75, 3.05) is 18.1 Å². The van der Waals surface area contributed by atoms with Gasteiger partial charge in [-0.05, 0) is 18.0 Å². The highest BCUT2D eigenvalue weighted by atomic mass is 32.2. The van der Waals surface area contributed by atoms with Gasteiger partial charge in [0.15, 0.2) is 18.4 Å². The highest BCUT2D eigenvalue weighted by Gasteiger charge is 2.61. The number of anilines is 1. The van der Waals surface area contributed by atoms with Crippen molar-refractivity contribution in [3.63, 3.8) is 0 Å². The smallest absolute Gasteiger partial charge is 0.351 e. The average molecular weight is 589 g/mol. The Kier molecular flexibility index (Phi) is 10.6. The molecule has 1 fully saturated rings. The molecule has 0 saturated carbocycles. The first kappa shape index (κ1) is 32.5. The fourth-order valence-electron chi connectivity index (χ4n) is 3.46. The molecule has 1 aliphatic rings. The number of azide groups is 1. The molecule has 1 aliphatic heterocycles. The standard InChI is InChI=1S/C22H32N6O11S/c1-11(2)18(29)36-10-22(26-27-24)16(38-20(31)13(5)7-9-40(33,34)35)15(37-19(30)12(3)4)17(39-22)28-8-6-14(23)25-21(28)32/h6,8,11-13,15-17H,7,9-10H2,1-5H3,(H2,23,25,32)(H,33,34,35)/t13?,15-,16-,17+,22+/m0/s1. The zero-order valence-corrected chi connectivity index (χ0v) is 23.3. The largest absolute Gasteiger partial charge is 0.462 e. The predicted octanol–water partition coefficient (Wildman–Crippen LogP) is 0.954. The summed E-state index contributed by atoms with van der Waals surface area (Å²) in [7, 11) is -4.41. The van der Waals surface area contributed by atoms with Crippen LogP contribution in [-0.4, -0.2) is 70.7 Å². The first-order valence-corrected chi connectivity index (χ1v) is 13.7. The summed E-state index contributed by atoms with van der Waals surface area (Å²) in [4.78, 5) is 57.1. The van der Waals surface area contributed by atoms with E-state index in [1.54, 1.807) is 0 Å². The molecule has 1 saturated heterocycles. The van der Waals surface area contributed by atoms with E-state index in [0.29, 0.717) is 0 Å². The molecule has 1 unspecified atom stereocenters. The summed E-state index contributed by atoms with van der Waals surface area (Å²) in [6, 6.07) is 1.23. The molecule has 0 aromatic carbocycles. The summed E-state index contributed by atoms with van der Waals surface area (Å²) < 4.78 is 54.5. The number of nitrogens with two attached hydrogens (primary N) is 1. The quantitative estimate of drug-likeness (QED) is 0.0862. The van der Waals surface area contributed by atoms with E-state index in [1.807, 2.05) is 0 Å². The molecule has 0 spiro atoms. The highest BCUT2D eigenvalue weighted by molar-refractivity contribution is 7.85. The number of hydrogen-bond donors (Lipinski definition) is 2. The zero-order valence-electron chi connectivity index (χ0n) is 22.5. The molecule has 2 heterocycles. The summed E-state index contributed by atoms with van der Waals surface area (Å²) in [5.41, 5.74) is 11.7. The van der Waals surface area contributed by atoms with Gasteiger partial charge in [0.05, 0.1) is 23.5 Å². The van der Waals surface area contributed by atoms with Crippen molar-refractivity contribution < 1.29 is 46.3 Å². The number of aromatic nitrogens is 2. The maximum atomic E-state index is 13.0. The van der Waals surface area contributed by atoms with E-state index in [0.717, 1.165) is 10.8 Å². The first-order valence-electron chi connectivity index (χ1n) is 12.1. The van der Waals surface area contributed by atoms with E-state index in [4.69, 9.17) is 29.2 Å². The third kappa shape index (κ3) is 8.14. The fraction of sp³-hybridized carbons (Fsp3) is 0.682. The van der Waals surface area contributed by atoms with Gasteiger partial charge in [0.25, 0.3) is 10.1 Å². The topological polar surface area (TPSA) is 252 Å². The van der Waals surface area contributed by atoms with Crippen LogP contribution in [0.15, 0.2) is 22.2 Å². The summed E-state index contributed by atoms with van der Waals surface area (Å²) in [6.07, 6.45) is -4.27. The normalized spacial score (nSPS) is 23.4. The van der Waals surface area contributed by atoms with Gasteiger partial charge in [0.1, 0.15) is 12.4 Å². The third-order valence-corrected chi connectivity index (χ3v) is 6.51. The van der Waals surface area contributed by atoms with Crippen molar-refractivity contribution in [2.24, 2.45) is 22.9 Å². The van der Waals surface area contributed by atoms with Crippen LogP contribution in [0.3, 0.4) is 0 Å². The van der Waals surface area contributed by atoms with Crippen LogP contribution >= 0.6 is 0 Å². The van der Waals surface area contributed by atoms with Crippen LogP contribution in [0, 0.1) is 17.8 Å². The van der Waals surface area contributed by atoms with Crippen molar-refractivity contribution >= 4 is 33.8 Å². The van der Waals surface area contributed by atoms with Crippen LogP contribution in [0.25, 0.3) is 10.4 Å². The Morgan fingerprint density at radius 3 is 2.35 bits per heavy atom. The Labute approximate surface area is 229 Å². The first-order chi connectivity index (χ1) is 18.5. The Morgan fingerprint density at radius 1 is 1.20 bits per heavy atom. The molecule has 0 radical (unpaired) electrons. The molecule has 0 amide bonds. The van der Waals surface area contributed by atoms with Gasteiger partial charge in [-0.3, -0.25) is 23.5 Å². The third-order valence-electron chi connectivity index (χ3n) is 5.76. The van der Waals surface area contributed by atoms with Crippen LogP contribution in [0.5, 0.6) is 0 Å². The Morgan fingerprint density at radius 2 is 1.82 bits per heavy atom. The van der Waals surface area contributed by atoms with E-state index in [-0.39, 0.29) is 12.2 Å². The molecule has 3 N–H and O–H groups in total. The van der Waals surface area contributed by atoms with E-state index >= 15 is 0 Å². The molecule has 40 heavy (non-hydrogen) atoms. The van der Waals surface area contributed by atoms with Gasteiger partial charge in [0.2, 0.25) is 5.72 Å². The Balaban J connectivity index is 2.66. The number of esters is 3. The minimum Gasteiger partial charge on any atom is -0.462 e. The van der Waals surface area contributed by atoms with Crippen molar-refractivity contribution in [1.82, 2.24) is 9.55 Å². The lowest BCUT2D eigenvalue weighted by Gasteiger charge is -2.31. The minimum absolute atomic E-state index is 0.141. The number of hydrogen-bond acceptors (Lipinski definition) is 13. The van der Waals surface area contributed by atoms with Crippen LogP contribution in [-0.2, 0) is 43.4 Å². The Hall–Kier alpha value is -3.73. The lowest BCUT2D eigenvalue weighted by molar-refractivity contribution is -0.183. The maximum absolute atomic E-state index is 13.0. The minimum atomic E-state index is -4.41. The number of carbonyl (C=O) groups is 3. The van der Waals surface area contributed by atoms with Crippen molar-refractivity contribution in [2.45, 2.75) is 65.2 Å². The van der Waals surface area contributed by atoms with Crippen molar-refractivity contribution in [3.05, 3.63) is 33.2 Å². The second kappa shape index (κ2) is 13.1. The molecular formula is C22H32N6O11S. The van der Waals surface area contributed by atoms with Crippen molar-refractivity contribution in [3.8, 4) is 0 Å². The monoisotopic (exact) mass is 588 g/mol. The fourth-order valence-corrected chi connectivity index (χ4v) is 4.11. The van der Waals surface area contributed by atoms with Gasteiger partial charge in [-0.25, -0.2) is 4.79 Å². The zero-order chi connectivity index (χ0) is 30.4. The molecule has 0 aliphatic carbocycles. The average Bonchev–Trinajstić information content (AvgIpc) is 3.13. The lowest BCUT2D eigenvalue weighted by atomic mass is 10.0.